The second kappa shape index (κ2) is 54.5. The highest BCUT2D eigenvalue weighted by molar-refractivity contribution is 7.47. The molecule has 0 amide bonds. The minimum Gasteiger partial charge on any atom is -0.462 e. The van der Waals surface area contributed by atoms with E-state index in [4.69, 9.17) is 24.3 Å². The van der Waals surface area contributed by atoms with Gasteiger partial charge in [0.15, 0.2) is 6.10 Å². The predicted molar refractivity (Wildman–Crippen MR) is 293 cm³/mol. The SMILES string of the molecule is CC/C=C\C/C=C\C/C=C\C/C=C\C/C=C\C/C=C\CCCCC(=O)OC(COC(=O)CCCCCCCCCCCCCCCCC/C=C\CCCCCCCCCC)COP(=O)(O)OCCN. The first-order chi connectivity index (χ1) is 33.8. The topological polar surface area (TPSA) is 134 Å². The van der Waals surface area contributed by atoms with Crippen LogP contribution in [0.1, 0.15) is 245 Å². The molecule has 0 aromatic rings. The van der Waals surface area contributed by atoms with E-state index in [1.165, 1.54) is 141 Å². The molecule has 0 radical (unpaired) electrons. The van der Waals surface area contributed by atoms with Gasteiger partial charge in [-0.2, -0.15) is 0 Å². The Bertz CT molecular complexity index is 1400. The van der Waals surface area contributed by atoms with E-state index in [-0.39, 0.29) is 32.6 Å². The molecule has 0 heterocycles. The summed E-state index contributed by atoms with van der Waals surface area (Å²) in [6.45, 7) is 3.59. The Labute approximate surface area is 424 Å². The maximum absolute atomic E-state index is 12.7. The smallest absolute Gasteiger partial charge is 0.462 e. The molecule has 3 N–H and O–H groups in total. The predicted octanol–water partition coefficient (Wildman–Crippen LogP) is 17.5. The van der Waals surface area contributed by atoms with Crippen molar-refractivity contribution in [3.05, 3.63) is 85.1 Å². The number of esters is 2. The van der Waals surface area contributed by atoms with Gasteiger partial charge in [0, 0.05) is 19.4 Å². The van der Waals surface area contributed by atoms with Crippen LogP contribution >= 0.6 is 7.82 Å². The first-order valence-electron chi connectivity index (χ1n) is 28.1. The van der Waals surface area contributed by atoms with Crippen molar-refractivity contribution in [1.29, 1.82) is 0 Å². The Morgan fingerprint density at radius 2 is 0.797 bits per heavy atom. The lowest BCUT2D eigenvalue weighted by Gasteiger charge is -2.19. The molecular weight excluding hydrogens is 882 g/mol. The Morgan fingerprint density at radius 1 is 0.449 bits per heavy atom. The van der Waals surface area contributed by atoms with Gasteiger partial charge in [0.2, 0.25) is 0 Å². The summed E-state index contributed by atoms with van der Waals surface area (Å²) in [6, 6.07) is 0. The monoisotopic (exact) mass is 986 g/mol. The summed E-state index contributed by atoms with van der Waals surface area (Å²) in [5.41, 5.74) is 5.37. The minimum atomic E-state index is -4.40. The minimum absolute atomic E-state index is 0.0426. The lowest BCUT2D eigenvalue weighted by molar-refractivity contribution is -0.161. The molecule has 2 unspecified atom stereocenters. The fraction of sp³-hybridized carbons (Fsp3) is 0.729. The number of ether oxygens (including phenoxy) is 2. The number of phosphoric acid groups is 1. The summed E-state index contributed by atoms with van der Waals surface area (Å²) in [6.07, 6.45) is 70.7. The number of carbonyl (C=O) groups is 2. The van der Waals surface area contributed by atoms with E-state index in [1.54, 1.807) is 0 Å². The van der Waals surface area contributed by atoms with Crippen LogP contribution in [0.5, 0.6) is 0 Å². The van der Waals surface area contributed by atoms with Gasteiger partial charge in [0.25, 0.3) is 0 Å². The third-order valence-corrected chi connectivity index (χ3v) is 12.7. The maximum Gasteiger partial charge on any atom is 0.472 e. The molecule has 69 heavy (non-hydrogen) atoms. The molecule has 0 aliphatic carbocycles. The molecule has 0 aliphatic heterocycles. The van der Waals surface area contributed by atoms with Crippen LogP contribution in [-0.2, 0) is 32.7 Å². The standard InChI is InChI=1S/C59H104NO8P/c1-3-5-7-9-11-13-15-17-19-21-23-25-26-27-28-29-30-32-33-35-37-39-41-43-45-47-49-51-58(61)65-55-57(56-67-69(63,64)66-54-53-60)68-59(62)52-50-48-46-44-42-40-38-36-34-31-24-22-20-18-16-14-12-10-8-6-4-2/h6,8,12,14,18,20-21,23-24,31,36,38,42,44,57H,3-5,7,9-11,13,15-17,19,22,25-30,32-35,37,39-41,43,45-56,60H2,1-2H3,(H,63,64)/b8-6-,14-12-,20-18-,23-21-,31-24-,38-36-,44-42-. The fourth-order valence-corrected chi connectivity index (χ4v) is 8.40. The molecule has 9 nitrogen and oxygen atoms in total. The van der Waals surface area contributed by atoms with Crippen molar-refractivity contribution >= 4 is 19.8 Å². The van der Waals surface area contributed by atoms with Crippen molar-refractivity contribution in [1.82, 2.24) is 0 Å². The van der Waals surface area contributed by atoms with E-state index >= 15 is 0 Å². The van der Waals surface area contributed by atoms with Crippen molar-refractivity contribution in [3.8, 4) is 0 Å². The van der Waals surface area contributed by atoms with Crippen molar-refractivity contribution in [2.45, 2.75) is 251 Å². The second-order valence-electron chi connectivity index (χ2n) is 18.4. The van der Waals surface area contributed by atoms with E-state index in [2.05, 4.69) is 98.9 Å². The number of rotatable bonds is 52. The van der Waals surface area contributed by atoms with Gasteiger partial charge in [-0.3, -0.25) is 18.6 Å². The zero-order valence-corrected chi connectivity index (χ0v) is 45.2. The number of phosphoric ester groups is 1. The third-order valence-electron chi connectivity index (χ3n) is 11.8. The number of hydrogen-bond acceptors (Lipinski definition) is 8. The van der Waals surface area contributed by atoms with Gasteiger partial charge in [-0.15, -0.1) is 0 Å². The summed E-state index contributed by atoms with van der Waals surface area (Å²) in [5.74, 6) is -0.877. The summed E-state index contributed by atoms with van der Waals surface area (Å²) < 4.78 is 32.9. The normalized spacial score (nSPS) is 13.7. The summed E-state index contributed by atoms with van der Waals surface area (Å²) in [7, 11) is -4.40. The largest absolute Gasteiger partial charge is 0.472 e. The first kappa shape index (κ1) is 66.2. The zero-order valence-electron chi connectivity index (χ0n) is 44.3. The van der Waals surface area contributed by atoms with Gasteiger partial charge < -0.3 is 20.1 Å². The molecule has 398 valence electrons. The molecule has 0 saturated carbocycles. The van der Waals surface area contributed by atoms with Gasteiger partial charge in [-0.25, -0.2) is 4.57 Å². The molecule has 10 heteroatoms. The molecule has 0 aromatic heterocycles. The van der Waals surface area contributed by atoms with Crippen molar-refractivity contribution in [2.24, 2.45) is 5.73 Å². The Hall–Kier alpha value is -2.81. The van der Waals surface area contributed by atoms with Gasteiger partial charge in [0.05, 0.1) is 13.2 Å². The van der Waals surface area contributed by atoms with E-state index < -0.39 is 32.5 Å². The highest BCUT2D eigenvalue weighted by Gasteiger charge is 2.26. The molecule has 0 saturated heterocycles. The van der Waals surface area contributed by atoms with E-state index in [0.29, 0.717) is 6.42 Å². The molecular formula is C59H104NO8P. The first-order valence-corrected chi connectivity index (χ1v) is 29.6. The number of hydrogen-bond donors (Lipinski definition) is 2. The van der Waals surface area contributed by atoms with Gasteiger partial charge in [-0.1, -0.05) is 227 Å². The maximum atomic E-state index is 12.7. The van der Waals surface area contributed by atoms with Gasteiger partial charge in [-0.05, 0) is 89.9 Å². The fourth-order valence-electron chi connectivity index (χ4n) is 7.63. The van der Waals surface area contributed by atoms with Crippen LogP contribution in [0.15, 0.2) is 85.1 Å². The Balaban J connectivity index is 4.04. The zero-order chi connectivity index (χ0) is 50.2. The van der Waals surface area contributed by atoms with Crippen molar-refractivity contribution in [3.63, 3.8) is 0 Å². The van der Waals surface area contributed by atoms with Crippen molar-refractivity contribution < 1.29 is 37.6 Å². The third kappa shape index (κ3) is 54.4. The number of allylic oxidation sites excluding steroid dienone is 14. The van der Waals surface area contributed by atoms with E-state index in [0.717, 1.165) is 70.6 Å². The summed E-state index contributed by atoms with van der Waals surface area (Å²) >= 11 is 0. The Kier molecular flexibility index (Phi) is 52.3. The van der Waals surface area contributed by atoms with Crippen molar-refractivity contribution in [2.75, 3.05) is 26.4 Å². The molecule has 2 atom stereocenters. The second-order valence-corrected chi connectivity index (χ2v) is 19.9. The summed E-state index contributed by atoms with van der Waals surface area (Å²) in [4.78, 5) is 35.1. The molecule has 0 aliphatic rings. The van der Waals surface area contributed by atoms with E-state index in [1.807, 2.05) is 0 Å². The quantitative estimate of drug-likeness (QED) is 0.0264. The molecule has 0 aromatic carbocycles. The lowest BCUT2D eigenvalue weighted by atomic mass is 10.0. The average molecular weight is 986 g/mol. The van der Waals surface area contributed by atoms with Crippen LogP contribution in [-0.4, -0.2) is 49.3 Å². The van der Waals surface area contributed by atoms with Crippen LogP contribution in [0, 0.1) is 0 Å². The van der Waals surface area contributed by atoms with Gasteiger partial charge >= 0.3 is 19.8 Å². The van der Waals surface area contributed by atoms with E-state index in [9.17, 15) is 19.0 Å². The van der Waals surface area contributed by atoms with Crippen LogP contribution in [0.3, 0.4) is 0 Å². The number of carbonyl (C=O) groups excluding carboxylic acids is 2. The average Bonchev–Trinajstić information content (AvgIpc) is 3.34. The Morgan fingerprint density at radius 3 is 1.23 bits per heavy atom. The molecule has 0 fully saturated rings. The van der Waals surface area contributed by atoms with Crippen LogP contribution < -0.4 is 5.73 Å². The van der Waals surface area contributed by atoms with Crippen LogP contribution in [0.2, 0.25) is 0 Å². The number of unbranched alkanes of at least 4 members (excludes halogenated alkanes) is 25. The highest BCUT2D eigenvalue weighted by atomic mass is 31.2. The molecule has 0 rings (SSSR count). The molecule has 0 spiro atoms. The summed E-state index contributed by atoms with van der Waals surface area (Å²) in [5, 5.41) is 0. The van der Waals surface area contributed by atoms with Crippen LogP contribution in [0.25, 0.3) is 0 Å². The lowest BCUT2D eigenvalue weighted by Crippen LogP contribution is -2.29. The van der Waals surface area contributed by atoms with Gasteiger partial charge in [0.1, 0.15) is 6.61 Å². The van der Waals surface area contributed by atoms with Crippen LogP contribution in [0.4, 0.5) is 0 Å². The highest BCUT2D eigenvalue weighted by Crippen LogP contribution is 2.43. The molecule has 0 bridgehead atoms. The number of nitrogens with two attached hydrogens (primary N) is 1.